The Morgan fingerprint density at radius 1 is 1.21 bits per heavy atom. The maximum absolute atomic E-state index is 12.0. The van der Waals surface area contributed by atoms with Gasteiger partial charge in [-0.2, -0.15) is 0 Å². The van der Waals surface area contributed by atoms with E-state index in [4.69, 9.17) is 9.57 Å². The summed E-state index contributed by atoms with van der Waals surface area (Å²) in [5, 5.41) is 38.1. The van der Waals surface area contributed by atoms with Crippen LogP contribution in [0, 0.1) is 0 Å². The molecule has 154 valence electrons. The molecule has 0 spiro atoms. The number of hydrogen-bond donors (Lipinski definition) is 5. The number of rotatable bonds is 7. The number of carbonyl (C=O) groups excluding carboxylic acids is 2. The summed E-state index contributed by atoms with van der Waals surface area (Å²) in [5.74, 6) is -0.713. The lowest BCUT2D eigenvalue weighted by molar-refractivity contribution is -0.128. The molecule has 5 N–H and O–H groups in total. The van der Waals surface area contributed by atoms with E-state index in [1.165, 1.54) is 0 Å². The Kier molecular flexibility index (Phi) is 8.18. The normalized spacial score (nSPS) is 25.6. The molecule has 1 aliphatic rings. The van der Waals surface area contributed by atoms with Gasteiger partial charge in [0.1, 0.15) is 18.2 Å². The number of ether oxygens (including phenoxy) is 1. The first-order valence-electron chi connectivity index (χ1n) is 9.00. The molecule has 0 saturated carbocycles. The molecule has 2 unspecified atom stereocenters. The molecule has 2 amide bonds. The molecule has 0 radical (unpaired) electrons. The average Bonchev–Trinajstić information content (AvgIpc) is 2.70. The fourth-order valence-electron chi connectivity index (χ4n) is 2.56. The summed E-state index contributed by atoms with van der Waals surface area (Å²) in [5.41, 5.74) is 0.477. The number of nitrogens with one attached hydrogen (secondary N) is 2. The summed E-state index contributed by atoms with van der Waals surface area (Å²) in [7, 11) is 0. The van der Waals surface area contributed by atoms with Gasteiger partial charge in [0.05, 0.1) is 6.61 Å². The zero-order chi connectivity index (χ0) is 20.5. The molecule has 1 aromatic rings. The number of aliphatic hydroxyl groups excluding tert-OH is 3. The number of aliphatic hydroxyl groups is 3. The highest BCUT2D eigenvalue weighted by molar-refractivity contribution is 5.90. The third kappa shape index (κ3) is 5.91. The van der Waals surface area contributed by atoms with Gasteiger partial charge in [0.15, 0.2) is 6.10 Å². The lowest BCUT2D eigenvalue weighted by atomic mass is 9.97. The Bertz CT molecular complexity index is 683. The second-order valence-corrected chi connectivity index (χ2v) is 6.27. The minimum Gasteiger partial charge on any atom is -0.468 e. The van der Waals surface area contributed by atoms with Gasteiger partial charge in [-0.15, -0.1) is 0 Å². The van der Waals surface area contributed by atoms with E-state index in [1.54, 1.807) is 30.3 Å². The molecule has 1 fully saturated rings. The van der Waals surface area contributed by atoms with Crippen LogP contribution in [-0.4, -0.2) is 64.2 Å². The largest absolute Gasteiger partial charge is 0.468 e. The van der Waals surface area contributed by atoms with E-state index in [2.05, 4.69) is 15.8 Å². The predicted molar refractivity (Wildman–Crippen MR) is 99.4 cm³/mol. The lowest BCUT2D eigenvalue weighted by Crippen LogP contribution is -2.62. The summed E-state index contributed by atoms with van der Waals surface area (Å²) >= 11 is 0. The molecule has 10 heteroatoms. The number of anilines is 1. The molecule has 2 rings (SSSR count). The van der Waals surface area contributed by atoms with Crippen molar-refractivity contribution in [3.05, 3.63) is 30.3 Å². The van der Waals surface area contributed by atoms with E-state index < -0.39 is 37.1 Å². The molecule has 1 saturated heterocycles. The van der Waals surface area contributed by atoms with Crippen LogP contribution in [0.5, 0.6) is 0 Å². The smallest absolute Gasteiger partial charge is 0.437 e. The van der Waals surface area contributed by atoms with Crippen LogP contribution in [0.15, 0.2) is 35.5 Å². The molecule has 1 aliphatic heterocycles. The van der Waals surface area contributed by atoms with Crippen molar-refractivity contribution in [3.8, 4) is 0 Å². The summed E-state index contributed by atoms with van der Waals surface area (Å²) in [4.78, 5) is 28.6. The number of hydrogen-bond acceptors (Lipinski definition) is 8. The van der Waals surface area contributed by atoms with E-state index in [-0.39, 0.29) is 18.2 Å². The Labute approximate surface area is 162 Å². The van der Waals surface area contributed by atoms with Gasteiger partial charge >= 0.3 is 6.09 Å². The molecule has 1 heterocycles. The SMILES string of the molecule is CCCCC(=O)N[C@@H]1/C(=N/OC(=O)Nc2ccccc2)OC(CO)C(O)[C@@H]1O. The van der Waals surface area contributed by atoms with Crippen LogP contribution in [0.2, 0.25) is 0 Å². The molecular weight excluding hydrogens is 370 g/mol. The number of para-hydroxylation sites is 1. The average molecular weight is 395 g/mol. The van der Waals surface area contributed by atoms with E-state index >= 15 is 0 Å². The van der Waals surface area contributed by atoms with Gasteiger partial charge in [0, 0.05) is 12.1 Å². The Morgan fingerprint density at radius 3 is 2.57 bits per heavy atom. The zero-order valence-corrected chi connectivity index (χ0v) is 15.4. The lowest BCUT2D eigenvalue weighted by Gasteiger charge is -2.37. The third-order valence-corrected chi connectivity index (χ3v) is 4.10. The Hall–Kier alpha value is -2.69. The number of oxime groups is 1. The summed E-state index contributed by atoms with van der Waals surface area (Å²) in [6.07, 6.45) is -3.41. The molecule has 0 aliphatic carbocycles. The Morgan fingerprint density at radius 2 is 1.93 bits per heavy atom. The van der Waals surface area contributed by atoms with E-state index in [1.807, 2.05) is 6.92 Å². The fraction of sp³-hybridized carbons (Fsp3) is 0.500. The maximum atomic E-state index is 12.0. The topological polar surface area (TPSA) is 150 Å². The van der Waals surface area contributed by atoms with Gasteiger partial charge < -0.3 is 25.4 Å². The summed E-state index contributed by atoms with van der Waals surface area (Å²) in [6.45, 7) is 1.32. The zero-order valence-electron chi connectivity index (χ0n) is 15.4. The minimum absolute atomic E-state index is 0.210. The van der Waals surface area contributed by atoms with Crippen molar-refractivity contribution in [2.24, 2.45) is 5.16 Å². The van der Waals surface area contributed by atoms with Gasteiger partial charge in [-0.05, 0) is 23.7 Å². The highest BCUT2D eigenvalue weighted by atomic mass is 16.7. The van der Waals surface area contributed by atoms with Gasteiger partial charge in [-0.1, -0.05) is 31.5 Å². The van der Waals surface area contributed by atoms with Gasteiger partial charge in [0.2, 0.25) is 5.91 Å². The fourth-order valence-corrected chi connectivity index (χ4v) is 2.56. The molecule has 28 heavy (non-hydrogen) atoms. The van der Waals surface area contributed by atoms with Crippen LogP contribution in [0.1, 0.15) is 26.2 Å². The predicted octanol–water partition coefficient (Wildman–Crippen LogP) is 0.336. The van der Waals surface area contributed by atoms with Crippen molar-refractivity contribution in [1.29, 1.82) is 0 Å². The van der Waals surface area contributed by atoms with Crippen LogP contribution >= 0.6 is 0 Å². The van der Waals surface area contributed by atoms with E-state index in [0.717, 1.165) is 6.42 Å². The molecule has 0 aromatic heterocycles. The van der Waals surface area contributed by atoms with Crippen molar-refractivity contribution in [3.63, 3.8) is 0 Å². The first kappa shape index (κ1) is 21.6. The molecule has 1 aromatic carbocycles. The van der Waals surface area contributed by atoms with Crippen molar-refractivity contribution in [1.82, 2.24) is 5.32 Å². The highest BCUT2D eigenvalue weighted by Crippen LogP contribution is 2.18. The number of unbranched alkanes of at least 4 members (excludes halogenated alkanes) is 1. The number of carbonyl (C=O) groups is 2. The standard InChI is InChI=1S/C18H25N3O7/c1-2-3-9-13(23)20-14-16(25)15(24)12(10-22)27-17(14)21-28-18(26)19-11-7-5-4-6-8-11/h4-8,12,14-16,22,24-25H,2-3,9-10H2,1H3,(H,19,26)(H,20,23)/b21-17-/t12?,14-,15?,16+/m0/s1. The number of benzene rings is 1. The minimum atomic E-state index is -1.50. The highest BCUT2D eigenvalue weighted by Gasteiger charge is 2.44. The van der Waals surface area contributed by atoms with Crippen LogP contribution in [0.4, 0.5) is 10.5 Å². The maximum Gasteiger partial charge on any atom is 0.437 e. The number of amides is 2. The van der Waals surface area contributed by atoms with Gasteiger partial charge in [0.25, 0.3) is 5.90 Å². The van der Waals surface area contributed by atoms with E-state index in [9.17, 15) is 24.9 Å². The molecular formula is C18H25N3O7. The molecule has 10 nitrogen and oxygen atoms in total. The first-order chi connectivity index (χ1) is 13.5. The van der Waals surface area contributed by atoms with Crippen LogP contribution in [-0.2, 0) is 14.4 Å². The first-order valence-corrected chi connectivity index (χ1v) is 9.00. The Balaban J connectivity index is 2.09. The van der Waals surface area contributed by atoms with Crippen LogP contribution in [0.25, 0.3) is 0 Å². The van der Waals surface area contributed by atoms with Gasteiger partial charge in [-0.25, -0.2) is 4.79 Å². The van der Waals surface area contributed by atoms with Crippen LogP contribution in [0.3, 0.4) is 0 Å². The van der Waals surface area contributed by atoms with Gasteiger partial charge in [-0.3, -0.25) is 14.9 Å². The monoisotopic (exact) mass is 395 g/mol. The second-order valence-electron chi connectivity index (χ2n) is 6.27. The summed E-state index contributed by atoms with van der Waals surface area (Å²) < 4.78 is 5.31. The van der Waals surface area contributed by atoms with Crippen LogP contribution < -0.4 is 10.6 Å². The number of nitrogens with zero attached hydrogens (tertiary/aromatic N) is 1. The second kappa shape index (κ2) is 10.6. The molecule has 4 atom stereocenters. The van der Waals surface area contributed by atoms with Crippen molar-refractivity contribution < 1.29 is 34.5 Å². The summed E-state index contributed by atoms with van der Waals surface area (Å²) in [6, 6.07) is 7.27. The third-order valence-electron chi connectivity index (χ3n) is 4.10. The quantitative estimate of drug-likeness (QED) is 0.330. The van der Waals surface area contributed by atoms with Crippen molar-refractivity contribution in [2.45, 2.75) is 50.5 Å². The molecule has 0 bridgehead atoms. The van der Waals surface area contributed by atoms with E-state index in [0.29, 0.717) is 12.1 Å². The van der Waals surface area contributed by atoms with Crippen molar-refractivity contribution in [2.75, 3.05) is 11.9 Å². The van der Waals surface area contributed by atoms with Crippen molar-refractivity contribution >= 4 is 23.6 Å².